The number of non-ortho nitro benzene ring substituents is 1. The van der Waals surface area contributed by atoms with Gasteiger partial charge in [0, 0.05) is 22.8 Å². The van der Waals surface area contributed by atoms with Gasteiger partial charge in [0.25, 0.3) is 11.6 Å². The number of nitro benzene ring substituents is 1. The Bertz CT molecular complexity index is 747. The fourth-order valence-electron chi connectivity index (χ4n) is 1.70. The Morgan fingerprint density at radius 1 is 1.30 bits per heavy atom. The van der Waals surface area contributed by atoms with Crippen LogP contribution in [0.25, 0.3) is 0 Å². The number of halogens is 3. The minimum absolute atomic E-state index is 0.118. The molecule has 1 N–H and O–H groups in total. The van der Waals surface area contributed by atoms with Crippen molar-refractivity contribution in [1.82, 2.24) is 0 Å². The van der Waals surface area contributed by atoms with Gasteiger partial charge in [0.2, 0.25) is 0 Å². The SMILES string of the molecule is O=C(COc1c(Cl)cc(Cl)cc1Br)Nc1cccc([N+](=O)[O-])c1. The van der Waals surface area contributed by atoms with E-state index in [9.17, 15) is 14.9 Å². The number of anilines is 1. The van der Waals surface area contributed by atoms with Gasteiger partial charge >= 0.3 is 0 Å². The van der Waals surface area contributed by atoms with Crippen molar-refractivity contribution < 1.29 is 14.5 Å². The Hall–Kier alpha value is -1.83. The number of benzene rings is 2. The zero-order valence-electron chi connectivity index (χ0n) is 11.4. The smallest absolute Gasteiger partial charge is 0.271 e. The average Bonchev–Trinajstić information content (AvgIpc) is 2.46. The van der Waals surface area contributed by atoms with Gasteiger partial charge in [-0.2, -0.15) is 0 Å². The number of hydrogen-bond acceptors (Lipinski definition) is 4. The summed E-state index contributed by atoms with van der Waals surface area (Å²) < 4.78 is 5.86. The second kappa shape index (κ2) is 7.63. The molecule has 23 heavy (non-hydrogen) atoms. The van der Waals surface area contributed by atoms with Crippen molar-refractivity contribution in [1.29, 1.82) is 0 Å². The quantitative estimate of drug-likeness (QED) is 0.563. The van der Waals surface area contributed by atoms with Crippen molar-refractivity contribution in [2.75, 3.05) is 11.9 Å². The van der Waals surface area contributed by atoms with Gasteiger partial charge in [-0.3, -0.25) is 14.9 Å². The summed E-state index contributed by atoms with van der Waals surface area (Å²) in [5.41, 5.74) is 0.182. The summed E-state index contributed by atoms with van der Waals surface area (Å²) in [5.74, 6) is -0.200. The van der Waals surface area contributed by atoms with Gasteiger partial charge in [0.1, 0.15) is 0 Å². The van der Waals surface area contributed by atoms with Gasteiger partial charge in [0.15, 0.2) is 12.4 Å². The first-order chi connectivity index (χ1) is 10.9. The number of nitrogens with one attached hydrogen (secondary N) is 1. The third-order valence-corrected chi connectivity index (χ3v) is 3.74. The highest BCUT2D eigenvalue weighted by molar-refractivity contribution is 9.10. The highest BCUT2D eigenvalue weighted by atomic mass is 79.9. The van der Waals surface area contributed by atoms with E-state index >= 15 is 0 Å². The summed E-state index contributed by atoms with van der Waals surface area (Å²) in [7, 11) is 0. The Morgan fingerprint density at radius 2 is 2.04 bits per heavy atom. The van der Waals surface area contributed by atoms with Crippen molar-refractivity contribution in [3.05, 3.63) is 61.0 Å². The molecular formula is C14H9BrCl2N2O4. The summed E-state index contributed by atoms with van der Waals surface area (Å²) in [4.78, 5) is 22.0. The molecule has 0 heterocycles. The largest absolute Gasteiger partial charge is 0.481 e. The summed E-state index contributed by atoms with van der Waals surface area (Å²) >= 11 is 15.1. The van der Waals surface area contributed by atoms with E-state index in [2.05, 4.69) is 21.2 Å². The molecule has 1 amide bonds. The third kappa shape index (κ3) is 4.82. The summed E-state index contributed by atoms with van der Waals surface area (Å²) in [6.07, 6.45) is 0. The number of nitrogens with zero attached hydrogens (tertiary/aromatic N) is 1. The first kappa shape index (κ1) is 17.5. The Morgan fingerprint density at radius 3 is 2.70 bits per heavy atom. The Labute approximate surface area is 149 Å². The van der Waals surface area contributed by atoms with E-state index in [-0.39, 0.29) is 23.1 Å². The van der Waals surface area contributed by atoms with Crippen LogP contribution in [0.4, 0.5) is 11.4 Å². The zero-order valence-corrected chi connectivity index (χ0v) is 14.5. The molecule has 0 aliphatic carbocycles. The molecule has 0 radical (unpaired) electrons. The summed E-state index contributed by atoms with van der Waals surface area (Å²) in [6.45, 7) is -0.317. The average molecular weight is 420 g/mol. The van der Waals surface area contributed by atoms with Crippen LogP contribution < -0.4 is 10.1 Å². The molecule has 0 unspecified atom stereocenters. The van der Waals surface area contributed by atoms with E-state index in [0.717, 1.165) is 0 Å². The second-order valence-electron chi connectivity index (χ2n) is 4.34. The number of ether oxygens (including phenoxy) is 1. The minimum Gasteiger partial charge on any atom is -0.481 e. The van der Waals surface area contributed by atoms with E-state index in [4.69, 9.17) is 27.9 Å². The molecule has 0 saturated carbocycles. The van der Waals surface area contributed by atoms with Crippen LogP contribution >= 0.6 is 39.1 Å². The van der Waals surface area contributed by atoms with Gasteiger partial charge in [-0.25, -0.2) is 0 Å². The van der Waals surface area contributed by atoms with Crippen molar-refractivity contribution in [3.63, 3.8) is 0 Å². The molecule has 0 saturated heterocycles. The summed E-state index contributed by atoms with van der Waals surface area (Å²) in [6, 6.07) is 8.67. The van der Waals surface area contributed by atoms with E-state index in [1.165, 1.54) is 30.3 Å². The Kier molecular flexibility index (Phi) is 5.81. The van der Waals surface area contributed by atoms with Gasteiger partial charge in [-0.15, -0.1) is 0 Å². The molecule has 0 fully saturated rings. The topological polar surface area (TPSA) is 81.5 Å². The van der Waals surface area contributed by atoms with Gasteiger partial charge < -0.3 is 10.1 Å². The van der Waals surface area contributed by atoms with Gasteiger partial charge in [-0.05, 0) is 34.1 Å². The first-order valence-electron chi connectivity index (χ1n) is 6.18. The predicted octanol–water partition coefficient (Wildman–Crippen LogP) is 4.68. The number of rotatable bonds is 5. The Balaban J connectivity index is 2.01. The van der Waals surface area contributed by atoms with Gasteiger partial charge in [0.05, 0.1) is 14.4 Å². The normalized spacial score (nSPS) is 10.2. The van der Waals surface area contributed by atoms with Crippen LogP contribution in [-0.2, 0) is 4.79 Å². The molecule has 2 aromatic carbocycles. The van der Waals surface area contributed by atoms with Crippen molar-refractivity contribution in [3.8, 4) is 5.75 Å². The van der Waals surface area contributed by atoms with Crippen LogP contribution in [-0.4, -0.2) is 17.4 Å². The molecule has 0 aliphatic heterocycles. The lowest BCUT2D eigenvalue weighted by molar-refractivity contribution is -0.384. The molecule has 0 aromatic heterocycles. The van der Waals surface area contributed by atoms with E-state index in [1.54, 1.807) is 6.07 Å². The molecule has 0 atom stereocenters. The molecule has 9 heteroatoms. The second-order valence-corrected chi connectivity index (χ2v) is 6.04. The lowest BCUT2D eigenvalue weighted by Crippen LogP contribution is -2.20. The van der Waals surface area contributed by atoms with E-state index in [1.807, 2.05) is 0 Å². The molecule has 0 bridgehead atoms. The first-order valence-corrected chi connectivity index (χ1v) is 7.73. The third-order valence-electron chi connectivity index (χ3n) is 2.65. The van der Waals surface area contributed by atoms with E-state index < -0.39 is 10.8 Å². The molecule has 2 rings (SSSR count). The van der Waals surface area contributed by atoms with Crippen molar-refractivity contribution in [2.24, 2.45) is 0 Å². The van der Waals surface area contributed by atoms with E-state index in [0.29, 0.717) is 15.2 Å². The highest BCUT2D eigenvalue weighted by Crippen LogP contribution is 2.36. The van der Waals surface area contributed by atoms with Crippen LogP contribution in [0, 0.1) is 10.1 Å². The van der Waals surface area contributed by atoms with Crippen molar-refractivity contribution in [2.45, 2.75) is 0 Å². The zero-order chi connectivity index (χ0) is 17.0. The van der Waals surface area contributed by atoms with Crippen LogP contribution in [0.15, 0.2) is 40.9 Å². The monoisotopic (exact) mass is 418 g/mol. The number of carbonyl (C=O) groups is 1. The maximum atomic E-state index is 11.9. The maximum absolute atomic E-state index is 11.9. The van der Waals surface area contributed by atoms with Crippen LogP contribution in [0.2, 0.25) is 10.0 Å². The van der Waals surface area contributed by atoms with Crippen LogP contribution in [0.3, 0.4) is 0 Å². The summed E-state index contributed by atoms with van der Waals surface area (Å²) in [5, 5.41) is 13.9. The lowest BCUT2D eigenvalue weighted by atomic mass is 10.3. The number of hydrogen-bond donors (Lipinski definition) is 1. The molecule has 120 valence electrons. The molecular weight excluding hydrogens is 411 g/mol. The highest BCUT2D eigenvalue weighted by Gasteiger charge is 2.12. The molecule has 2 aromatic rings. The molecule has 6 nitrogen and oxygen atoms in total. The fourth-order valence-corrected chi connectivity index (χ4v) is 3.07. The molecule has 0 spiro atoms. The van der Waals surface area contributed by atoms with Gasteiger partial charge in [-0.1, -0.05) is 29.3 Å². The van der Waals surface area contributed by atoms with Crippen LogP contribution in [0.1, 0.15) is 0 Å². The standard InChI is InChI=1S/C14H9BrCl2N2O4/c15-11-4-8(16)5-12(17)14(11)23-7-13(20)18-9-2-1-3-10(6-9)19(21)22/h1-6H,7H2,(H,18,20). The minimum atomic E-state index is -0.545. The molecule has 0 aliphatic rings. The van der Waals surface area contributed by atoms with Crippen molar-refractivity contribution >= 4 is 56.4 Å². The predicted molar refractivity (Wildman–Crippen MR) is 91.4 cm³/mol. The number of nitro groups is 1. The van der Waals surface area contributed by atoms with Crippen LogP contribution in [0.5, 0.6) is 5.75 Å². The maximum Gasteiger partial charge on any atom is 0.271 e. The fraction of sp³-hybridized carbons (Fsp3) is 0.0714. The number of amides is 1. The number of carbonyl (C=O) groups excluding carboxylic acids is 1. The lowest BCUT2D eigenvalue weighted by Gasteiger charge is -2.10.